The van der Waals surface area contributed by atoms with E-state index in [1.54, 1.807) is 0 Å². The van der Waals surface area contributed by atoms with Crippen LogP contribution in [0.5, 0.6) is 0 Å². The Morgan fingerprint density at radius 1 is 1.89 bits per heavy atom. The number of H-pyrrole nitrogens is 1. The summed E-state index contributed by atoms with van der Waals surface area (Å²) in [6, 6.07) is 0. The van der Waals surface area contributed by atoms with E-state index in [2.05, 4.69) is 5.10 Å². The predicted octanol–water partition coefficient (Wildman–Crippen LogP) is 0.751. The minimum Gasteiger partial charge on any atom is -0.294 e. The van der Waals surface area contributed by atoms with Gasteiger partial charge in [0.05, 0.1) is 11.8 Å². The first-order chi connectivity index (χ1) is 4.22. The van der Waals surface area contributed by atoms with E-state index < -0.39 is 5.95 Å². The molecule has 0 spiro atoms. The number of ketones is 1. The number of rotatable bonds is 1. The number of aromatic amines is 1. The summed E-state index contributed by atoms with van der Waals surface area (Å²) >= 11 is 0. The topological polar surface area (TPSA) is 45.8 Å². The molecule has 0 saturated heterocycles. The fraction of sp³-hybridized carbons (Fsp3) is 0.200. The molecule has 0 amide bonds. The van der Waals surface area contributed by atoms with Crippen LogP contribution in [0.4, 0.5) is 4.39 Å². The van der Waals surface area contributed by atoms with Crippen molar-refractivity contribution < 1.29 is 9.18 Å². The Morgan fingerprint density at radius 2 is 2.56 bits per heavy atom. The van der Waals surface area contributed by atoms with Gasteiger partial charge in [0.2, 0.25) is 5.95 Å². The largest absolute Gasteiger partial charge is 0.294 e. The van der Waals surface area contributed by atoms with Crippen LogP contribution in [0.3, 0.4) is 0 Å². The van der Waals surface area contributed by atoms with Crippen LogP contribution < -0.4 is 0 Å². The standard InChI is InChI=1S/C5H5FN2O/c1-3(9)4-2-7-8-5(4)6/h2H,1H3,(H,7,8). The highest BCUT2D eigenvalue weighted by molar-refractivity contribution is 5.93. The Labute approximate surface area is 50.9 Å². The van der Waals surface area contributed by atoms with Gasteiger partial charge in [0, 0.05) is 0 Å². The second-order valence-electron chi connectivity index (χ2n) is 1.65. The van der Waals surface area contributed by atoms with Crippen LogP contribution >= 0.6 is 0 Å². The number of hydrogen-bond acceptors (Lipinski definition) is 2. The summed E-state index contributed by atoms with van der Waals surface area (Å²) in [5.74, 6) is -0.983. The fourth-order valence-corrected chi connectivity index (χ4v) is 0.516. The van der Waals surface area contributed by atoms with Gasteiger partial charge in [-0.15, -0.1) is 0 Å². The quantitative estimate of drug-likeness (QED) is 0.567. The zero-order valence-corrected chi connectivity index (χ0v) is 4.81. The molecule has 0 aliphatic rings. The van der Waals surface area contributed by atoms with E-state index in [4.69, 9.17) is 0 Å². The monoisotopic (exact) mass is 128 g/mol. The predicted molar refractivity (Wildman–Crippen MR) is 28.6 cm³/mol. The van der Waals surface area contributed by atoms with E-state index >= 15 is 0 Å². The maximum atomic E-state index is 12.3. The van der Waals surface area contributed by atoms with Crippen molar-refractivity contribution in [2.45, 2.75) is 6.92 Å². The normalized spacial score (nSPS) is 9.56. The first kappa shape index (κ1) is 5.94. The lowest BCUT2D eigenvalue weighted by Crippen LogP contribution is -1.91. The van der Waals surface area contributed by atoms with E-state index in [0.717, 1.165) is 6.20 Å². The van der Waals surface area contributed by atoms with Gasteiger partial charge in [0.15, 0.2) is 5.78 Å². The van der Waals surface area contributed by atoms with Crippen molar-refractivity contribution in [3.05, 3.63) is 17.7 Å². The molecule has 0 saturated carbocycles. The molecule has 0 atom stereocenters. The van der Waals surface area contributed by atoms with E-state index in [1.807, 2.05) is 5.10 Å². The van der Waals surface area contributed by atoms with E-state index in [9.17, 15) is 9.18 Å². The third-order valence-corrected chi connectivity index (χ3v) is 0.972. The number of Topliss-reactive ketones (excluding diaryl/α,β-unsaturated/α-hetero) is 1. The van der Waals surface area contributed by atoms with Crippen molar-refractivity contribution >= 4 is 5.78 Å². The molecule has 0 fully saturated rings. The lowest BCUT2D eigenvalue weighted by molar-refractivity contribution is 0.101. The molecule has 4 heteroatoms. The number of nitrogens with one attached hydrogen (secondary N) is 1. The first-order valence-corrected chi connectivity index (χ1v) is 2.41. The summed E-state index contributed by atoms with van der Waals surface area (Å²) in [5.41, 5.74) is 0.00926. The average molecular weight is 128 g/mol. The molecule has 0 aromatic carbocycles. The summed E-state index contributed by atoms with van der Waals surface area (Å²) in [5, 5.41) is 5.33. The summed E-state index contributed by atoms with van der Waals surface area (Å²) < 4.78 is 12.3. The van der Waals surface area contributed by atoms with Crippen molar-refractivity contribution in [2.24, 2.45) is 0 Å². The third kappa shape index (κ3) is 0.960. The van der Waals surface area contributed by atoms with Gasteiger partial charge in [-0.3, -0.25) is 9.89 Å². The molecule has 3 nitrogen and oxygen atoms in total. The number of halogens is 1. The lowest BCUT2D eigenvalue weighted by Gasteiger charge is -1.82. The SMILES string of the molecule is CC(=O)c1cn[nH]c1F. The van der Waals surface area contributed by atoms with Crippen molar-refractivity contribution in [1.82, 2.24) is 10.2 Å². The van der Waals surface area contributed by atoms with Crippen LogP contribution in [0, 0.1) is 5.95 Å². The Kier molecular flexibility index (Phi) is 1.30. The molecule has 1 aromatic rings. The molecule has 0 bridgehead atoms. The third-order valence-electron chi connectivity index (χ3n) is 0.972. The van der Waals surface area contributed by atoms with Gasteiger partial charge in [-0.2, -0.15) is 9.49 Å². The molecule has 1 rings (SSSR count). The Bertz CT molecular complexity index is 231. The van der Waals surface area contributed by atoms with Gasteiger partial charge < -0.3 is 0 Å². The summed E-state index contributed by atoms with van der Waals surface area (Å²) in [7, 11) is 0. The van der Waals surface area contributed by atoms with Crippen molar-refractivity contribution in [2.75, 3.05) is 0 Å². The lowest BCUT2D eigenvalue weighted by atomic mass is 10.3. The fourth-order valence-electron chi connectivity index (χ4n) is 0.516. The number of nitrogens with zero attached hydrogens (tertiary/aromatic N) is 1. The van der Waals surface area contributed by atoms with E-state index in [1.165, 1.54) is 6.92 Å². The van der Waals surface area contributed by atoms with E-state index in [0.29, 0.717) is 0 Å². The molecule has 0 unspecified atom stereocenters. The highest BCUT2D eigenvalue weighted by Gasteiger charge is 2.06. The van der Waals surface area contributed by atoms with Gasteiger partial charge in [0.25, 0.3) is 0 Å². The van der Waals surface area contributed by atoms with Gasteiger partial charge >= 0.3 is 0 Å². The molecule has 1 heterocycles. The Morgan fingerprint density at radius 3 is 2.78 bits per heavy atom. The van der Waals surface area contributed by atoms with Gasteiger partial charge in [0.1, 0.15) is 0 Å². The molecular formula is C5H5FN2O. The molecule has 0 radical (unpaired) electrons. The smallest absolute Gasteiger partial charge is 0.219 e. The maximum absolute atomic E-state index is 12.3. The second kappa shape index (κ2) is 1.97. The van der Waals surface area contributed by atoms with E-state index in [-0.39, 0.29) is 11.3 Å². The molecular weight excluding hydrogens is 123 g/mol. The minimum absolute atomic E-state index is 0.00926. The first-order valence-electron chi connectivity index (χ1n) is 2.41. The number of aromatic nitrogens is 2. The number of carbonyl (C=O) groups is 1. The molecule has 0 aliphatic carbocycles. The summed E-state index contributed by atoms with van der Waals surface area (Å²) in [6.07, 6.45) is 1.16. The second-order valence-corrected chi connectivity index (χ2v) is 1.65. The van der Waals surface area contributed by atoms with Crippen LogP contribution in [0.25, 0.3) is 0 Å². The van der Waals surface area contributed by atoms with Crippen LogP contribution in [-0.4, -0.2) is 16.0 Å². The Hall–Kier alpha value is -1.19. The van der Waals surface area contributed by atoms with Gasteiger partial charge in [-0.1, -0.05) is 0 Å². The van der Waals surface area contributed by atoms with Crippen LogP contribution in [0.1, 0.15) is 17.3 Å². The average Bonchev–Trinajstić information content (AvgIpc) is 2.13. The molecule has 0 aliphatic heterocycles. The highest BCUT2D eigenvalue weighted by Crippen LogP contribution is 2.01. The highest BCUT2D eigenvalue weighted by atomic mass is 19.1. The zero-order chi connectivity index (χ0) is 6.85. The summed E-state index contributed by atoms with van der Waals surface area (Å²) in [4.78, 5) is 10.4. The summed E-state index contributed by atoms with van der Waals surface area (Å²) in [6.45, 7) is 1.29. The molecule has 48 valence electrons. The van der Waals surface area contributed by atoms with Crippen LogP contribution in [0.2, 0.25) is 0 Å². The minimum atomic E-state index is -0.664. The maximum Gasteiger partial charge on any atom is 0.219 e. The van der Waals surface area contributed by atoms with Crippen LogP contribution in [-0.2, 0) is 0 Å². The van der Waals surface area contributed by atoms with Crippen molar-refractivity contribution in [3.8, 4) is 0 Å². The molecule has 9 heavy (non-hydrogen) atoms. The van der Waals surface area contributed by atoms with Gasteiger partial charge in [-0.25, -0.2) is 0 Å². The van der Waals surface area contributed by atoms with Crippen molar-refractivity contribution in [3.63, 3.8) is 0 Å². The van der Waals surface area contributed by atoms with Crippen molar-refractivity contribution in [1.29, 1.82) is 0 Å². The Balaban J connectivity index is 3.08. The number of carbonyl (C=O) groups excluding carboxylic acids is 1. The van der Waals surface area contributed by atoms with Gasteiger partial charge in [-0.05, 0) is 6.92 Å². The molecule has 1 N–H and O–H groups in total. The molecule has 1 aromatic heterocycles. The number of hydrogen-bond donors (Lipinski definition) is 1. The van der Waals surface area contributed by atoms with Crippen LogP contribution in [0.15, 0.2) is 6.20 Å². The zero-order valence-electron chi connectivity index (χ0n) is 4.81.